The maximum Gasteiger partial charge on any atom is 0.129 e. The van der Waals surface area contributed by atoms with Gasteiger partial charge in [-0.05, 0) is 24.1 Å². The molecule has 0 saturated heterocycles. The Balaban J connectivity index is 2.03. The smallest absolute Gasteiger partial charge is 0.129 e. The van der Waals surface area contributed by atoms with Crippen LogP contribution >= 0.6 is 0 Å². The number of benzene rings is 2. The second-order valence-corrected chi connectivity index (χ2v) is 4.02. The molecule has 2 aromatic carbocycles. The SMILES string of the molecule is N=C(Nc1ccc(CC[O])cc1)c1ccccc1. The van der Waals surface area contributed by atoms with E-state index in [-0.39, 0.29) is 6.61 Å². The second-order valence-electron chi connectivity index (χ2n) is 4.02. The molecular formula is C15H15N2O. The third-order valence-electron chi connectivity index (χ3n) is 2.68. The highest BCUT2D eigenvalue weighted by molar-refractivity contribution is 6.06. The van der Waals surface area contributed by atoms with Gasteiger partial charge in [0.15, 0.2) is 0 Å². The summed E-state index contributed by atoms with van der Waals surface area (Å²) in [5.41, 5.74) is 2.74. The normalized spacial score (nSPS) is 10.1. The van der Waals surface area contributed by atoms with Crippen molar-refractivity contribution >= 4 is 11.5 Å². The van der Waals surface area contributed by atoms with Crippen molar-refractivity contribution in [3.8, 4) is 0 Å². The zero-order chi connectivity index (χ0) is 12.8. The van der Waals surface area contributed by atoms with E-state index in [2.05, 4.69) is 5.32 Å². The van der Waals surface area contributed by atoms with Crippen LogP contribution in [-0.2, 0) is 11.5 Å². The van der Waals surface area contributed by atoms with E-state index in [4.69, 9.17) is 5.41 Å². The summed E-state index contributed by atoms with van der Waals surface area (Å²) in [5, 5.41) is 21.5. The van der Waals surface area contributed by atoms with Crippen molar-refractivity contribution < 1.29 is 5.11 Å². The molecule has 0 atom stereocenters. The average molecular weight is 239 g/mol. The molecule has 0 saturated carbocycles. The first-order valence-electron chi connectivity index (χ1n) is 5.87. The standard InChI is InChI=1S/C15H15N2O/c16-15(13-4-2-1-3-5-13)17-14-8-6-12(7-9-14)10-11-18/h1-9H,10-11H2,(H2,16,17). The van der Waals surface area contributed by atoms with E-state index >= 15 is 0 Å². The molecule has 0 unspecified atom stereocenters. The van der Waals surface area contributed by atoms with Crippen molar-refractivity contribution in [2.75, 3.05) is 11.9 Å². The van der Waals surface area contributed by atoms with Gasteiger partial charge in [0.2, 0.25) is 0 Å². The van der Waals surface area contributed by atoms with Crippen LogP contribution in [0.25, 0.3) is 0 Å². The lowest BCUT2D eigenvalue weighted by atomic mass is 10.1. The first-order chi connectivity index (χ1) is 8.79. The highest BCUT2D eigenvalue weighted by Crippen LogP contribution is 2.11. The number of nitrogens with one attached hydrogen (secondary N) is 2. The lowest BCUT2D eigenvalue weighted by molar-refractivity contribution is 0.197. The Hall–Kier alpha value is -2.13. The Bertz CT molecular complexity index is 506. The van der Waals surface area contributed by atoms with Gasteiger partial charge >= 0.3 is 0 Å². The zero-order valence-electron chi connectivity index (χ0n) is 10.0. The summed E-state index contributed by atoms with van der Waals surface area (Å²) in [4.78, 5) is 0. The minimum Gasteiger partial charge on any atom is -0.340 e. The second kappa shape index (κ2) is 5.98. The van der Waals surface area contributed by atoms with E-state index in [1.807, 2.05) is 54.6 Å². The summed E-state index contributed by atoms with van der Waals surface area (Å²) < 4.78 is 0. The Kier molecular flexibility index (Phi) is 4.10. The summed E-state index contributed by atoms with van der Waals surface area (Å²) in [7, 11) is 0. The molecule has 0 bridgehead atoms. The lowest BCUT2D eigenvalue weighted by Gasteiger charge is -2.08. The third-order valence-corrected chi connectivity index (χ3v) is 2.68. The van der Waals surface area contributed by atoms with E-state index in [1.54, 1.807) is 0 Å². The van der Waals surface area contributed by atoms with Crippen molar-refractivity contribution in [1.29, 1.82) is 5.41 Å². The van der Waals surface area contributed by atoms with Gasteiger partial charge in [-0.1, -0.05) is 42.5 Å². The zero-order valence-corrected chi connectivity index (χ0v) is 10.0. The van der Waals surface area contributed by atoms with Crippen molar-refractivity contribution in [3.63, 3.8) is 0 Å². The Morgan fingerprint density at radius 3 is 2.28 bits per heavy atom. The molecule has 0 aliphatic heterocycles. The van der Waals surface area contributed by atoms with Gasteiger partial charge in [0, 0.05) is 11.3 Å². The molecular weight excluding hydrogens is 224 g/mol. The van der Waals surface area contributed by atoms with E-state index in [9.17, 15) is 5.11 Å². The predicted molar refractivity (Wildman–Crippen MR) is 72.6 cm³/mol. The molecule has 0 heterocycles. The number of rotatable bonds is 4. The van der Waals surface area contributed by atoms with Crippen molar-refractivity contribution in [3.05, 3.63) is 65.7 Å². The van der Waals surface area contributed by atoms with Crippen LogP contribution in [0.15, 0.2) is 54.6 Å². The fourth-order valence-corrected chi connectivity index (χ4v) is 1.69. The molecule has 3 nitrogen and oxygen atoms in total. The topological polar surface area (TPSA) is 55.8 Å². The van der Waals surface area contributed by atoms with Crippen LogP contribution in [0.1, 0.15) is 11.1 Å². The molecule has 0 spiro atoms. The van der Waals surface area contributed by atoms with Gasteiger partial charge in [0.05, 0.1) is 6.61 Å². The fraction of sp³-hybridized carbons (Fsp3) is 0.133. The molecule has 1 radical (unpaired) electrons. The summed E-state index contributed by atoms with van der Waals surface area (Å²) in [6, 6.07) is 17.1. The van der Waals surface area contributed by atoms with Gasteiger partial charge in [-0.2, -0.15) is 0 Å². The maximum absolute atomic E-state index is 10.5. The minimum atomic E-state index is -0.0907. The molecule has 2 rings (SSSR count). The van der Waals surface area contributed by atoms with Gasteiger partial charge in [-0.3, -0.25) is 5.41 Å². The summed E-state index contributed by atoms with van der Waals surface area (Å²) in [6.07, 6.45) is 0.552. The molecule has 91 valence electrons. The van der Waals surface area contributed by atoms with E-state index in [1.165, 1.54) is 0 Å². The van der Waals surface area contributed by atoms with Gasteiger partial charge in [0.25, 0.3) is 0 Å². The predicted octanol–water partition coefficient (Wildman–Crippen LogP) is 3.10. The summed E-state index contributed by atoms with van der Waals surface area (Å²) >= 11 is 0. The first-order valence-corrected chi connectivity index (χ1v) is 5.87. The fourth-order valence-electron chi connectivity index (χ4n) is 1.69. The van der Waals surface area contributed by atoms with Crippen molar-refractivity contribution in [2.45, 2.75) is 6.42 Å². The highest BCUT2D eigenvalue weighted by Gasteiger charge is 2.01. The molecule has 0 aliphatic rings. The van der Waals surface area contributed by atoms with E-state index in [0.29, 0.717) is 12.3 Å². The van der Waals surface area contributed by atoms with E-state index < -0.39 is 0 Å². The Morgan fingerprint density at radius 1 is 1.00 bits per heavy atom. The average Bonchev–Trinajstić information content (AvgIpc) is 2.42. The number of hydrogen-bond donors (Lipinski definition) is 2. The lowest BCUT2D eigenvalue weighted by Crippen LogP contribution is -2.11. The number of amidine groups is 1. The number of hydrogen-bond acceptors (Lipinski definition) is 1. The highest BCUT2D eigenvalue weighted by atomic mass is 16.2. The Labute approximate surface area is 107 Å². The largest absolute Gasteiger partial charge is 0.340 e. The van der Waals surface area contributed by atoms with Crippen molar-refractivity contribution in [1.82, 2.24) is 0 Å². The van der Waals surface area contributed by atoms with Crippen LogP contribution in [0.2, 0.25) is 0 Å². The number of anilines is 1. The van der Waals surface area contributed by atoms with Crippen LogP contribution in [-0.4, -0.2) is 12.4 Å². The van der Waals surface area contributed by atoms with Crippen LogP contribution in [0, 0.1) is 5.41 Å². The van der Waals surface area contributed by atoms with Gasteiger partial charge in [0.1, 0.15) is 5.84 Å². The molecule has 18 heavy (non-hydrogen) atoms. The molecule has 0 aliphatic carbocycles. The molecule has 0 fully saturated rings. The van der Waals surface area contributed by atoms with Gasteiger partial charge in [-0.25, -0.2) is 5.11 Å². The van der Waals surface area contributed by atoms with Crippen LogP contribution in [0.4, 0.5) is 5.69 Å². The van der Waals surface area contributed by atoms with Crippen molar-refractivity contribution in [2.24, 2.45) is 0 Å². The van der Waals surface area contributed by atoms with Gasteiger partial charge < -0.3 is 5.32 Å². The molecule has 0 amide bonds. The third kappa shape index (κ3) is 3.18. The minimum absolute atomic E-state index is 0.0907. The monoisotopic (exact) mass is 239 g/mol. The molecule has 2 N–H and O–H groups in total. The quantitative estimate of drug-likeness (QED) is 0.625. The Morgan fingerprint density at radius 2 is 1.67 bits per heavy atom. The van der Waals surface area contributed by atoms with Crippen LogP contribution in [0.5, 0.6) is 0 Å². The molecule has 0 aromatic heterocycles. The first kappa shape index (κ1) is 12.3. The van der Waals surface area contributed by atoms with Gasteiger partial charge in [-0.15, -0.1) is 0 Å². The van der Waals surface area contributed by atoms with E-state index in [0.717, 1.165) is 16.8 Å². The van der Waals surface area contributed by atoms with Crippen LogP contribution in [0.3, 0.4) is 0 Å². The van der Waals surface area contributed by atoms with Crippen LogP contribution < -0.4 is 5.32 Å². The maximum atomic E-state index is 10.5. The molecule has 3 heteroatoms. The molecule has 2 aromatic rings. The summed E-state index contributed by atoms with van der Waals surface area (Å²) in [6.45, 7) is -0.0907. The summed E-state index contributed by atoms with van der Waals surface area (Å²) in [5.74, 6) is 0.368.